The molecule has 1 aromatic rings. The van der Waals surface area contributed by atoms with Gasteiger partial charge in [0.25, 0.3) is 0 Å². The first-order chi connectivity index (χ1) is 10.2. The maximum Gasteiger partial charge on any atom is 0.237 e. The Bertz CT molecular complexity index is 513. The Hall–Kier alpha value is -1.39. The fourth-order valence-electron chi connectivity index (χ4n) is 3.46. The van der Waals surface area contributed by atoms with E-state index < -0.39 is 0 Å². The number of carbonyl (C=O) groups is 1. The molecule has 4 heteroatoms. The Kier molecular flexibility index (Phi) is 4.27. The standard InChI is InChI=1S/C17H25N3O/c1-2-20(14-7-8-14)17(21)12-19-10-9-13-5-3-4-6-15(13)16(19)11-18/h3-6,14,16H,2,7-12,18H2,1H3. The molecule has 4 nitrogen and oxygen atoms in total. The molecule has 2 N–H and O–H groups in total. The van der Waals surface area contributed by atoms with E-state index in [1.54, 1.807) is 0 Å². The molecule has 0 spiro atoms. The summed E-state index contributed by atoms with van der Waals surface area (Å²) in [7, 11) is 0. The van der Waals surface area contributed by atoms with Gasteiger partial charge in [0.2, 0.25) is 5.91 Å². The Morgan fingerprint density at radius 1 is 1.38 bits per heavy atom. The molecule has 2 aliphatic rings. The first-order valence-corrected chi connectivity index (χ1v) is 8.06. The van der Waals surface area contributed by atoms with Crippen LogP contribution in [0.25, 0.3) is 0 Å². The normalized spacial score (nSPS) is 21.9. The Morgan fingerprint density at radius 2 is 2.14 bits per heavy atom. The lowest BCUT2D eigenvalue weighted by atomic mass is 9.92. The van der Waals surface area contributed by atoms with Gasteiger partial charge in [-0.3, -0.25) is 9.69 Å². The predicted molar refractivity (Wildman–Crippen MR) is 83.9 cm³/mol. The summed E-state index contributed by atoms with van der Waals surface area (Å²) in [6.45, 7) is 4.89. The van der Waals surface area contributed by atoms with Gasteiger partial charge >= 0.3 is 0 Å². The lowest BCUT2D eigenvalue weighted by Crippen LogP contribution is -2.46. The van der Waals surface area contributed by atoms with E-state index in [2.05, 4.69) is 36.1 Å². The van der Waals surface area contributed by atoms with Crippen LogP contribution in [0.15, 0.2) is 24.3 Å². The molecule has 1 unspecified atom stereocenters. The van der Waals surface area contributed by atoms with Gasteiger partial charge in [-0.05, 0) is 37.3 Å². The van der Waals surface area contributed by atoms with E-state index in [9.17, 15) is 4.79 Å². The van der Waals surface area contributed by atoms with Gasteiger partial charge in [-0.1, -0.05) is 24.3 Å². The zero-order chi connectivity index (χ0) is 14.8. The highest BCUT2D eigenvalue weighted by Gasteiger charge is 2.34. The van der Waals surface area contributed by atoms with Crippen molar-refractivity contribution in [1.29, 1.82) is 0 Å². The minimum atomic E-state index is 0.178. The minimum Gasteiger partial charge on any atom is -0.339 e. The Labute approximate surface area is 126 Å². The van der Waals surface area contributed by atoms with Crippen molar-refractivity contribution in [3.63, 3.8) is 0 Å². The van der Waals surface area contributed by atoms with Gasteiger partial charge in [-0.25, -0.2) is 0 Å². The summed E-state index contributed by atoms with van der Waals surface area (Å²) in [4.78, 5) is 16.8. The summed E-state index contributed by atoms with van der Waals surface area (Å²) in [6, 6.07) is 9.16. The third-order valence-electron chi connectivity index (χ3n) is 4.73. The molecule has 1 aliphatic heterocycles. The second-order valence-electron chi connectivity index (χ2n) is 6.08. The Balaban J connectivity index is 1.72. The summed E-state index contributed by atoms with van der Waals surface area (Å²) in [5.74, 6) is 0.262. The van der Waals surface area contributed by atoms with Crippen molar-refractivity contribution in [1.82, 2.24) is 9.80 Å². The monoisotopic (exact) mass is 287 g/mol. The summed E-state index contributed by atoms with van der Waals surface area (Å²) in [6.07, 6.45) is 3.35. The smallest absolute Gasteiger partial charge is 0.237 e. The quantitative estimate of drug-likeness (QED) is 0.894. The molecule has 1 heterocycles. The summed E-state index contributed by atoms with van der Waals surface area (Å²) >= 11 is 0. The van der Waals surface area contributed by atoms with E-state index in [-0.39, 0.29) is 11.9 Å². The molecule has 21 heavy (non-hydrogen) atoms. The van der Waals surface area contributed by atoms with Crippen molar-refractivity contribution in [3.05, 3.63) is 35.4 Å². The van der Waals surface area contributed by atoms with Crippen LogP contribution in [-0.4, -0.2) is 47.9 Å². The van der Waals surface area contributed by atoms with Crippen LogP contribution in [0.2, 0.25) is 0 Å². The maximum absolute atomic E-state index is 12.5. The number of benzene rings is 1. The highest BCUT2D eigenvalue weighted by molar-refractivity contribution is 5.79. The zero-order valence-electron chi connectivity index (χ0n) is 12.8. The van der Waals surface area contributed by atoms with Gasteiger partial charge in [0.05, 0.1) is 6.54 Å². The highest BCUT2D eigenvalue weighted by atomic mass is 16.2. The number of nitrogens with zero attached hydrogens (tertiary/aromatic N) is 2. The average molecular weight is 287 g/mol. The van der Waals surface area contributed by atoms with Crippen LogP contribution in [0, 0.1) is 0 Å². The molecule has 0 radical (unpaired) electrons. The lowest BCUT2D eigenvalue weighted by molar-refractivity contribution is -0.133. The highest BCUT2D eigenvalue weighted by Crippen LogP contribution is 2.30. The van der Waals surface area contributed by atoms with E-state index in [1.807, 2.05) is 4.90 Å². The molecule has 1 fully saturated rings. The second-order valence-corrected chi connectivity index (χ2v) is 6.08. The van der Waals surface area contributed by atoms with Crippen LogP contribution >= 0.6 is 0 Å². The van der Waals surface area contributed by atoms with Crippen molar-refractivity contribution in [2.45, 2.75) is 38.3 Å². The number of likely N-dealkylation sites (N-methyl/N-ethyl adjacent to an activating group) is 1. The van der Waals surface area contributed by atoms with Gasteiger partial charge in [0, 0.05) is 31.7 Å². The molecule has 3 rings (SSSR count). The number of hydrogen-bond acceptors (Lipinski definition) is 3. The van der Waals surface area contributed by atoms with Gasteiger partial charge in [0.15, 0.2) is 0 Å². The summed E-state index contributed by atoms with van der Waals surface area (Å²) < 4.78 is 0. The van der Waals surface area contributed by atoms with Crippen molar-refractivity contribution in [3.8, 4) is 0 Å². The number of amides is 1. The first kappa shape index (κ1) is 14.5. The van der Waals surface area contributed by atoms with Gasteiger partial charge in [-0.15, -0.1) is 0 Å². The molecular weight excluding hydrogens is 262 g/mol. The SMILES string of the molecule is CCN(C(=O)CN1CCc2ccccc2C1CN)C1CC1. The largest absolute Gasteiger partial charge is 0.339 e. The molecule has 1 atom stereocenters. The fourth-order valence-corrected chi connectivity index (χ4v) is 3.46. The van der Waals surface area contributed by atoms with Gasteiger partial charge in [-0.2, -0.15) is 0 Å². The van der Waals surface area contributed by atoms with Crippen molar-refractivity contribution in [2.24, 2.45) is 5.73 Å². The molecule has 1 amide bonds. The first-order valence-electron chi connectivity index (χ1n) is 8.06. The molecular formula is C17H25N3O. The van der Waals surface area contributed by atoms with Crippen LogP contribution in [-0.2, 0) is 11.2 Å². The van der Waals surface area contributed by atoms with Crippen LogP contribution < -0.4 is 5.73 Å². The molecule has 1 aliphatic carbocycles. The van der Waals surface area contributed by atoms with E-state index >= 15 is 0 Å². The number of nitrogens with two attached hydrogens (primary N) is 1. The molecule has 114 valence electrons. The van der Waals surface area contributed by atoms with E-state index in [0.29, 0.717) is 19.1 Å². The molecule has 0 saturated heterocycles. The number of hydrogen-bond donors (Lipinski definition) is 1. The van der Waals surface area contributed by atoms with E-state index in [4.69, 9.17) is 5.73 Å². The number of rotatable bonds is 5. The van der Waals surface area contributed by atoms with Crippen LogP contribution in [0.3, 0.4) is 0 Å². The summed E-state index contributed by atoms with van der Waals surface area (Å²) in [5, 5.41) is 0. The van der Waals surface area contributed by atoms with Crippen molar-refractivity contribution >= 4 is 5.91 Å². The molecule has 1 saturated carbocycles. The number of carbonyl (C=O) groups excluding carboxylic acids is 1. The molecule has 0 aromatic heterocycles. The van der Waals surface area contributed by atoms with Crippen molar-refractivity contribution < 1.29 is 4.79 Å². The minimum absolute atomic E-state index is 0.178. The van der Waals surface area contributed by atoms with Gasteiger partial charge < -0.3 is 10.6 Å². The summed E-state index contributed by atoms with van der Waals surface area (Å²) in [5.41, 5.74) is 8.68. The molecule has 1 aromatic carbocycles. The topological polar surface area (TPSA) is 49.6 Å². The lowest BCUT2D eigenvalue weighted by Gasteiger charge is -2.37. The number of fused-ring (bicyclic) bond motifs is 1. The zero-order valence-corrected chi connectivity index (χ0v) is 12.8. The third-order valence-corrected chi connectivity index (χ3v) is 4.73. The fraction of sp³-hybridized carbons (Fsp3) is 0.588. The average Bonchev–Trinajstić information content (AvgIpc) is 3.32. The third kappa shape index (κ3) is 2.97. The predicted octanol–water partition coefficient (Wildman–Crippen LogP) is 1.56. The van der Waals surface area contributed by atoms with Crippen LogP contribution in [0.1, 0.15) is 36.9 Å². The van der Waals surface area contributed by atoms with Crippen LogP contribution in [0.5, 0.6) is 0 Å². The Morgan fingerprint density at radius 3 is 2.81 bits per heavy atom. The van der Waals surface area contributed by atoms with Gasteiger partial charge in [0.1, 0.15) is 0 Å². The maximum atomic E-state index is 12.5. The molecule has 0 bridgehead atoms. The second kappa shape index (κ2) is 6.16. The van der Waals surface area contributed by atoms with Crippen LogP contribution in [0.4, 0.5) is 0 Å². The van der Waals surface area contributed by atoms with E-state index in [0.717, 1.165) is 19.5 Å². The van der Waals surface area contributed by atoms with E-state index in [1.165, 1.54) is 24.0 Å². The van der Waals surface area contributed by atoms with Crippen molar-refractivity contribution in [2.75, 3.05) is 26.2 Å².